The lowest BCUT2D eigenvalue weighted by molar-refractivity contribution is -0.163. The number of carbonyl (C=O) groups is 1. The number of ether oxygens (including phenoxy) is 1. The summed E-state index contributed by atoms with van der Waals surface area (Å²) >= 11 is 0. The molecule has 1 N–H and O–H groups in total. The van der Waals surface area contributed by atoms with Crippen LogP contribution in [0.25, 0.3) is 0 Å². The minimum absolute atomic E-state index is 0.130. The van der Waals surface area contributed by atoms with E-state index in [0.717, 1.165) is 29.6 Å². The van der Waals surface area contributed by atoms with Crippen LogP contribution >= 0.6 is 0 Å². The number of fused-ring (bicyclic) bond motifs is 5. The van der Waals surface area contributed by atoms with E-state index in [9.17, 15) is 22.0 Å². The molecule has 0 heterocycles. The molecule has 11 atom stereocenters. The highest BCUT2D eigenvalue weighted by Crippen LogP contribution is 2.71. The molecule has 0 aliphatic heterocycles. The molecular weight excluding hydrogens is 510 g/mol. The van der Waals surface area contributed by atoms with Crippen molar-refractivity contribution in [3.05, 3.63) is 0 Å². The Bertz CT molecular complexity index is 985. The molecule has 4 aliphatic rings. The number of hydrogen-bond acceptors (Lipinski definition) is 4. The summed E-state index contributed by atoms with van der Waals surface area (Å²) in [6.45, 7) is 14.1. The molecule has 38 heavy (non-hydrogen) atoms. The van der Waals surface area contributed by atoms with Gasteiger partial charge in [-0.05, 0) is 109 Å². The fourth-order valence-electron chi connectivity index (χ4n) is 10.2. The summed E-state index contributed by atoms with van der Waals surface area (Å²) in [4.78, 5) is 12.3. The van der Waals surface area contributed by atoms with Crippen LogP contribution < -0.4 is 0 Å². The summed E-state index contributed by atoms with van der Waals surface area (Å²) in [5, 5.41) is -4.31. The van der Waals surface area contributed by atoms with Crippen LogP contribution in [0, 0.1) is 64.1 Å². The lowest BCUT2D eigenvalue weighted by Gasteiger charge is -2.65. The second-order valence-electron chi connectivity index (χ2n) is 14.4. The highest BCUT2D eigenvalue weighted by Gasteiger charge is 2.64. The van der Waals surface area contributed by atoms with Gasteiger partial charge in [-0.1, -0.05) is 48.0 Å². The van der Waals surface area contributed by atoms with Crippen LogP contribution in [0.3, 0.4) is 0 Å². The highest BCUT2D eigenvalue weighted by molar-refractivity contribution is 7.86. The minimum Gasteiger partial charge on any atom is -0.465 e. The molecule has 4 aliphatic carbocycles. The van der Waals surface area contributed by atoms with Crippen molar-refractivity contribution in [3.8, 4) is 0 Å². The zero-order valence-corrected chi connectivity index (χ0v) is 25.0. The maximum Gasteiger partial charge on any atom is 0.373 e. The van der Waals surface area contributed by atoms with Gasteiger partial charge < -0.3 is 4.74 Å². The van der Waals surface area contributed by atoms with E-state index in [1.165, 1.54) is 44.9 Å². The van der Waals surface area contributed by atoms with E-state index < -0.39 is 34.4 Å². The monoisotopic (exact) mass is 560 g/mol. The largest absolute Gasteiger partial charge is 0.465 e. The Morgan fingerprint density at radius 3 is 2.42 bits per heavy atom. The third-order valence-corrected chi connectivity index (χ3v) is 13.4. The average Bonchev–Trinajstić information content (AvgIpc) is 3.17. The van der Waals surface area contributed by atoms with E-state index in [2.05, 4.69) is 41.5 Å². The minimum atomic E-state index is -5.51. The van der Waals surface area contributed by atoms with Crippen molar-refractivity contribution in [3.63, 3.8) is 0 Å². The predicted molar refractivity (Wildman–Crippen MR) is 144 cm³/mol. The summed E-state index contributed by atoms with van der Waals surface area (Å²) in [6.07, 6.45) is 8.76. The van der Waals surface area contributed by atoms with Crippen LogP contribution in [0.4, 0.5) is 8.78 Å². The third kappa shape index (κ3) is 5.19. The quantitative estimate of drug-likeness (QED) is 0.244. The zero-order chi connectivity index (χ0) is 28.3. The Kier molecular flexibility index (Phi) is 8.40. The number of halogens is 2. The molecule has 0 bridgehead atoms. The van der Waals surface area contributed by atoms with Gasteiger partial charge in [0.1, 0.15) is 0 Å². The summed E-state index contributed by atoms with van der Waals surface area (Å²) in [7, 11) is -5.51. The van der Waals surface area contributed by atoms with Gasteiger partial charge in [0.15, 0.2) is 0 Å². The molecule has 220 valence electrons. The number of esters is 1. The molecule has 4 rings (SSSR count). The van der Waals surface area contributed by atoms with Gasteiger partial charge in [0.2, 0.25) is 0 Å². The Morgan fingerprint density at radius 1 is 1.08 bits per heavy atom. The number of alkyl halides is 2. The van der Waals surface area contributed by atoms with Crippen molar-refractivity contribution in [2.45, 2.75) is 111 Å². The van der Waals surface area contributed by atoms with E-state index in [4.69, 9.17) is 9.29 Å². The van der Waals surface area contributed by atoms with Gasteiger partial charge in [-0.25, -0.2) is 0 Å². The van der Waals surface area contributed by atoms with Gasteiger partial charge >= 0.3 is 21.3 Å². The molecule has 4 saturated carbocycles. The predicted octanol–water partition coefficient (Wildman–Crippen LogP) is 7.60. The van der Waals surface area contributed by atoms with Gasteiger partial charge in [0.25, 0.3) is 0 Å². The third-order valence-electron chi connectivity index (χ3n) is 12.5. The smallest absolute Gasteiger partial charge is 0.373 e. The summed E-state index contributed by atoms with van der Waals surface area (Å²) < 4.78 is 61.7. The highest BCUT2D eigenvalue weighted by atomic mass is 32.2. The van der Waals surface area contributed by atoms with E-state index in [0.29, 0.717) is 35.5 Å². The SMILES string of the molecule is CC1CCC2(C)C(C1)CC(C)C1C2CC(C)C2(C)C(C(C)CCC(=O)OCCC(F)(F)S(=O)(=O)O)CCC12. The molecule has 0 radical (unpaired) electrons. The van der Waals surface area contributed by atoms with Gasteiger partial charge in [-0.3, -0.25) is 9.35 Å². The molecule has 5 nitrogen and oxygen atoms in total. The van der Waals surface area contributed by atoms with Gasteiger partial charge in [-0.15, -0.1) is 0 Å². The van der Waals surface area contributed by atoms with Gasteiger partial charge in [0.05, 0.1) is 13.0 Å². The first-order chi connectivity index (χ1) is 17.5. The Morgan fingerprint density at radius 2 is 1.76 bits per heavy atom. The van der Waals surface area contributed by atoms with E-state index in [-0.39, 0.29) is 11.8 Å². The van der Waals surface area contributed by atoms with E-state index in [1.54, 1.807) is 0 Å². The first-order valence-electron chi connectivity index (χ1n) is 15.0. The molecule has 0 amide bonds. The van der Waals surface area contributed by atoms with E-state index >= 15 is 0 Å². The molecule has 0 aromatic rings. The lowest BCUT2D eigenvalue weighted by Crippen LogP contribution is -2.58. The second-order valence-corrected chi connectivity index (χ2v) is 15.9. The van der Waals surface area contributed by atoms with Crippen molar-refractivity contribution in [2.75, 3.05) is 6.61 Å². The Balaban J connectivity index is 1.38. The standard InChI is InChI=1S/C30H50F2O5S/c1-18-11-12-28(5)22(15-18)16-20(3)27-24-9-8-23(29(24,6)21(4)17-25(27)28)19(2)7-10-26(33)37-14-13-30(31,32)38(34,35)36/h18-25,27H,7-17H2,1-6H3,(H,34,35,36). The molecule has 0 saturated heterocycles. The first-order valence-corrected chi connectivity index (χ1v) is 16.5. The summed E-state index contributed by atoms with van der Waals surface area (Å²) in [5.74, 6) is 5.63. The van der Waals surface area contributed by atoms with Gasteiger partial charge in [0, 0.05) is 6.42 Å². The molecule has 8 heteroatoms. The number of hydrogen-bond donors (Lipinski definition) is 1. The van der Waals surface area contributed by atoms with Crippen molar-refractivity contribution >= 4 is 16.1 Å². The maximum atomic E-state index is 13.4. The van der Waals surface area contributed by atoms with Crippen LogP contribution in [0.15, 0.2) is 0 Å². The average molecular weight is 561 g/mol. The van der Waals surface area contributed by atoms with Crippen molar-refractivity contribution in [1.29, 1.82) is 0 Å². The fourth-order valence-corrected chi connectivity index (χ4v) is 10.5. The van der Waals surface area contributed by atoms with Crippen LogP contribution in [0.5, 0.6) is 0 Å². The van der Waals surface area contributed by atoms with Crippen molar-refractivity contribution in [1.82, 2.24) is 0 Å². The molecular formula is C30H50F2O5S. The summed E-state index contributed by atoms with van der Waals surface area (Å²) in [6, 6.07) is 0. The number of carbonyl (C=O) groups excluding carboxylic acids is 1. The molecule has 0 aromatic heterocycles. The van der Waals surface area contributed by atoms with E-state index in [1.807, 2.05) is 0 Å². The normalized spacial score (nSPS) is 44.0. The van der Waals surface area contributed by atoms with Crippen molar-refractivity contribution < 1.29 is 31.3 Å². The second kappa shape index (κ2) is 10.6. The molecule has 0 spiro atoms. The molecule has 4 fully saturated rings. The topological polar surface area (TPSA) is 80.7 Å². The fraction of sp³-hybridized carbons (Fsp3) is 0.967. The van der Waals surface area contributed by atoms with Crippen LogP contribution in [0.1, 0.15) is 106 Å². The molecule has 0 aromatic carbocycles. The zero-order valence-electron chi connectivity index (χ0n) is 24.2. The Hall–Kier alpha value is -0.760. The van der Waals surface area contributed by atoms with Crippen LogP contribution in [0.2, 0.25) is 0 Å². The van der Waals surface area contributed by atoms with Gasteiger partial charge in [-0.2, -0.15) is 17.2 Å². The first kappa shape index (κ1) is 30.2. The Labute approximate surface area is 229 Å². The maximum absolute atomic E-state index is 13.4. The number of rotatable bonds is 8. The van der Waals surface area contributed by atoms with Crippen LogP contribution in [-0.2, 0) is 19.6 Å². The molecule has 11 unspecified atom stereocenters. The lowest BCUT2D eigenvalue weighted by atomic mass is 9.40. The summed E-state index contributed by atoms with van der Waals surface area (Å²) in [5.41, 5.74) is 0.709. The van der Waals surface area contributed by atoms with Crippen molar-refractivity contribution in [2.24, 2.45) is 64.1 Å². The van der Waals surface area contributed by atoms with Crippen LogP contribution in [-0.4, -0.2) is 30.8 Å².